The SMILES string of the molecule is CC(N)c1cccc(-c2cccc([N+](=O)[O-])c2)c1. The maximum absolute atomic E-state index is 10.7. The molecule has 2 aromatic carbocycles. The lowest BCUT2D eigenvalue weighted by atomic mass is 10.0. The van der Waals surface area contributed by atoms with E-state index < -0.39 is 0 Å². The highest BCUT2D eigenvalue weighted by atomic mass is 16.6. The minimum atomic E-state index is -0.390. The third-order valence-corrected chi connectivity index (χ3v) is 2.80. The number of nitrogens with zero attached hydrogens (tertiary/aromatic N) is 1. The lowest BCUT2D eigenvalue weighted by Crippen LogP contribution is -2.04. The number of hydrogen-bond donors (Lipinski definition) is 1. The molecule has 1 atom stereocenters. The van der Waals surface area contributed by atoms with Crippen molar-refractivity contribution in [1.29, 1.82) is 0 Å². The largest absolute Gasteiger partial charge is 0.324 e. The van der Waals surface area contributed by atoms with Crippen LogP contribution in [-0.2, 0) is 0 Å². The molecule has 0 radical (unpaired) electrons. The van der Waals surface area contributed by atoms with Crippen molar-refractivity contribution >= 4 is 5.69 Å². The standard InChI is InChI=1S/C14H14N2O2/c1-10(15)11-4-2-5-12(8-11)13-6-3-7-14(9-13)16(17)18/h2-10H,15H2,1H3. The van der Waals surface area contributed by atoms with E-state index in [0.29, 0.717) is 0 Å². The van der Waals surface area contributed by atoms with Gasteiger partial charge in [0.15, 0.2) is 0 Å². The van der Waals surface area contributed by atoms with Crippen LogP contribution < -0.4 is 5.73 Å². The summed E-state index contributed by atoms with van der Waals surface area (Å²) in [7, 11) is 0. The average Bonchev–Trinajstić information content (AvgIpc) is 2.39. The molecule has 0 amide bonds. The van der Waals surface area contributed by atoms with E-state index in [4.69, 9.17) is 5.73 Å². The van der Waals surface area contributed by atoms with Crippen LogP contribution in [0.1, 0.15) is 18.5 Å². The Labute approximate surface area is 105 Å². The van der Waals surface area contributed by atoms with Crippen molar-refractivity contribution in [2.75, 3.05) is 0 Å². The van der Waals surface area contributed by atoms with Gasteiger partial charge in [-0.1, -0.05) is 30.3 Å². The predicted molar refractivity (Wildman–Crippen MR) is 71.1 cm³/mol. The highest BCUT2D eigenvalue weighted by Crippen LogP contribution is 2.25. The van der Waals surface area contributed by atoms with Crippen molar-refractivity contribution in [2.24, 2.45) is 5.73 Å². The minimum absolute atomic E-state index is 0.0522. The molecule has 2 aromatic rings. The summed E-state index contributed by atoms with van der Waals surface area (Å²) in [6.45, 7) is 1.91. The maximum atomic E-state index is 10.7. The average molecular weight is 242 g/mol. The van der Waals surface area contributed by atoms with Crippen LogP contribution in [0.4, 0.5) is 5.69 Å². The van der Waals surface area contributed by atoms with Crippen molar-refractivity contribution in [3.05, 3.63) is 64.2 Å². The van der Waals surface area contributed by atoms with Crippen LogP contribution in [0.25, 0.3) is 11.1 Å². The Morgan fingerprint density at radius 3 is 2.33 bits per heavy atom. The fourth-order valence-corrected chi connectivity index (χ4v) is 1.80. The molecule has 2 N–H and O–H groups in total. The van der Waals surface area contributed by atoms with Gasteiger partial charge in [-0.15, -0.1) is 0 Å². The molecule has 4 nitrogen and oxygen atoms in total. The van der Waals surface area contributed by atoms with Crippen molar-refractivity contribution in [2.45, 2.75) is 13.0 Å². The van der Waals surface area contributed by atoms with E-state index in [9.17, 15) is 10.1 Å². The van der Waals surface area contributed by atoms with Crippen LogP contribution in [-0.4, -0.2) is 4.92 Å². The molecule has 1 unspecified atom stereocenters. The Hall–Kier alpha value is -2.20. The molecule has 0 aliphatic carbocycles. The predicted octanol–water partition coefficient (Wildman–Crippen LogP) is 3.28. The number of benzene rings is 2. The summed E-state index contributed by atoms with van der Waals surface area (Å²) in [4.78, 5) is 10.4. The zero-order chi connectivity index (χ0) is 13.1. The van der Waals surface area contributed by atoms with Gasteiger partial charge in [-0.05, 0) is 29.7 Å². The van der Waals surface area contributed by atoms with Crippen LogP contribution in [0, 0.1) is 10.1 Å². The Morgan fingerprint density at radius 2 is 1.72 bits per heavy atom. The molecule has 0 bridgehead atoms. The summed E-state index contributed by atoms with van der Waals surface area (Å²) in [6.07, 6.45) is 0. The van der Waals surface area contributed by atoms with E-state index in [1.54, 1.807) is 12.1 Å². The van der Waals surface area contributed by atoms with Crippen LogP contribution in [0.3, 0.4) is 0 Å². The Bertz CT molecular complexity index is 580. The number of nitrogens with two attached hydrogens (primary N) is 1. The fraction of sp³-hybridized carbons (Fsp3) is 0.143. The van der Waals surface area contributed by atoms with Gasteiger partial charge in [-0.3, -0.25) is 10.1 Å². The highest BCUT2D eigenvalue weighted by Gasteiger charge is 2.08. The molecule has 4 heteroatoms. The molecule has 0 saturated carbocycles. The second-order valence-electron chi connectivity index (χ2n) is 4.22. The monoisotopic (exact) mass is 242 g/mol. The molecule has 18 heavy (non-hydrogen) atoms. The molecular weight excluding hydrogens is 228 g/mol. The van der Waals surface area contributed by atoms with Crippen molar-refractivity contribution in [3.63, 3.8) is 0 Å². The summed E-state index contributed by atoms with van der Waals surface area (Å²) in [5, 5.41) is 10.7. The number of non-ortho nitro benzene ring substituents is 1. The second kappa shape index (κ2) is 4.98. The van der Waals surface area contributed by atoms with E-state index in [1.165, 1.54) is 6.07 Å². The van der Waals surface area contributed by atoms with Crippen LogP contribution >= 0.6 is 0 Å². The zero-order valence-electron chi connectivity index (χ0n) is 10.0. The number of nitro benzene ring substituents is 1. The Balaban J connectivity index is 2.45. The summed E-state index contributed by atoms with van der Waals surface area (Å²) in [5.74, 6) is 0. The third kappa shape index (κ3) is 2.55. The van der Waals surface area contributed by atoms with E-state index in [-0.39, 0.29) is 16.7 Å². The van der Waals surface area contributed by atoms with Crippen molar-refractivity contribution in [1.82, 2.24) is 0 Å². The molecule has 2 rings (SSSR count). The van der Waals surface area contributed by atoms with Gasteiger partial charge < -0.3 is 5.73 Å². The van der Waals surface area contributed by atoms with Crippen molar-refractivity contribution in [3.8, 4) is 11.1 Å². The summed E-state index contributed by atoms with van der Waals surface area (Å²) < 4.78 is 0. The van der Waals surface area contributed by atoms with Gasteiger partial charge in [0.05, 0.1) is 4.92 Å². The highest BCUT2D eigenvalue weighted by molar-refractivity contribution is 5.66. The lowest BCUT2D eigenvalue weighted by Gasteiger charge is -2.08. The molecule has 0 aliphatic rings. The number of hydrogen-bond acceptors (Lipinski definition) is 3. The molecular formula is C14H14N2O2. The molecule has 92 valence electrons. The second-order valence-corrected chi connectivity index (χ2v) is 4.22. The Morgan fingerprint density at radius 1 is 1.11 bits per heavy atom. The van der Waals surface area contributed by atoms with Gasteiger partial charge in [-0.25, -0.2) is 0 Å². The van der Waals surface area contributed by atoms with Gasteiger partial charge in [0.25, 0.3) is 5.69 Å². The van der Waals surface area contributed by atoms with E-state index >= 15 is 0 Å². The molecule has 0 spiro atoms. The quantitative estimate of drug-likeness (QED) is 0.663. The van der Waals surface area contributed by atoms with Gasteiger partial charge in [0, 0.05) is 18.2 Å². The molecule has 0 aliphatic heterocycles. The summed E-state index contributed by atoms with van der Waals surface area (Å²) in [6, 6.07) is 14.3. The first-order chi connectivity index (χ1) is 8.58. The van der Waals surface area contributed by atoms with Crippen molar-refractivity contribution < 1.29 is 4.92 Å². The minimum Gasteiger partial charge on any atom is -0.324 e. The number of rotatable bonds is 3. The fourth-order valence-electron chi connectivity index (χ4n) is 1.80. The first kappa shape index (κ1) is 12.3. The first-order valence-corrected chi connectivity index (χ1v) is 5.68. The summed E-state index contributed by atoms with van der Waals surface area (Å²) in [5.41, 5.74) is 8.70. The molecule has 0 saturated heterocycles. The number of nitro groups is 1. The van der Waals surface area contributed by atoms with Gasteiger partial charge in [-0.2, -0.15) is 0 Å². The maximum Gasteiger partial charge on any atom is 0.270 e. The zero-order valence-corrected chi connectivity index (χ0v) is 10.0. The lowest BCUT2D eigenvalue weighted by molar-refractivity contribution is -0.384. The van der Waals surface area contributed by atoms with Crippen LogP contribution in [0.5, 0.6) is 0 Å². The topological polar surface area (TPSA) is 69.2 Å². The summed E-state index contributed by atoms with van der Waals surface area (Å²) >= 11 is 0. The molecule has 0 aromatic heterocycles. The Kier molecular flexibility index (Phi) is 3.39. The van der Waals surface area contributed by atoms with Gasteiger partial charge in [0.1, 0.15) is 0 Å². The first-order valence-electron chi connectivity index (χ1n) is 5.68. The van der Waals surface area contributed by atoms with Crippen LogP contribution in [0.2, 0.25) is 0 Å². The van der Waals surface area contributed by atoms with E-state index in [1.807, 2.05) is 37.3 Å². The normalized spacial score (nSPS) is 12.1. The molecule has 0 heterocycles. The van der Waals surface area contributed by atoms with E-state index in [0.717, 1.165) is 16.7 Å². The van der Waals surface area contributed by atoms with E-state index in [2.05, 4.69) is 0 Å². The smallest absolute Gasteiger partial charge is 0.270 e. The van der Waals surface area contributed by atoms with Gasteiger partial charge >= 0.3 is 0 Å². The van der Waals surface area contributed by atoms with Gasteiger partial charge in [0.2, 0.25) is 0 Å². The van der Waals surface area contributed by atoms with Crippen LogP contribution in [0.15, 0.2) is 48.5 Å². The third-order valence-electron chi connectivity index (χ3n) is 2.80. The molecule has 0 fully saturated rings.